The minimum Gasteiger partial charge on any atom is -0.412 e. The van der Waals surface area contributed by atoms with E-state index < -0.39 is 10.0 Å². The molecule has 192 valence electrons. The van der Waals surface area contributed by atoms with Crippen LogP contribution in [0.15, 0.2) is 63.2 Å². The van der Waals surface area contributed by atoms with Gasteiger partial charge in [0.15, 0.2) is 0 Å². The van der Waals surface area contributed by atoms with E-state index in [-0.39, 0.29) is 35.8 Å². The van der Waals surface area contributed by atoms with Gasteiger partial charge in [0.25, 0.3) is 0 Å². The number of hydrogen-bond acceptors (Lipinski definition) is 5. The van der Waals surface area contributed by atoms with E-state index in [1.807, 2.05) is 12.1 Å². The maximum atomic E-state index is 12.7. The number of halogens is 2. The van der Waals surface area contributed by atoms with Crippen molar-refractivity contribution in [2.75, 3.05) is 53.9 Å². The molecular formula is C23H35Cl2N3O4S2. The topological polar surface area (TPSA) is 107 Å². The van der Waals surface area contributed by atoms with Crippen molar-refractivity contribution in [1.82, 2.24) is 14.1 Å². The summed E-state index contributed by atoms with van der Waals surface area (Å²) < 4.78 is 26.7. The number of nitrogens with zero attached hydrogens (tertiary/aromatic N) is 3. The fourth-order valence-corrected chi connectivity index (χ4v) is 5.92. The van der Waals surface area contributed by atoms with Crippen LogP contribution in [-0.4, -0.2) is 87.3 Å². The van der Waals surface area contributed by atoms with Gasteiger partial charge < -0.3 is 20.8 Å². The molecule has 0 spiro atoms. The molecule has 4 N–H and O–H groups in total. The Kier molecular flexibility index (Phi) is 13.4. The van der Waals surface area contributed by atoms with E-state index in [1.54, 1.807) is 31.9 Å². The second-order valence-electron chi connectivity index (χ2n) is 8.10. The molecule has 1 fully saturated rings. The molecule has 2 aliphatic heterocycles. The Labute approximate surface area is 219 Å². The quantitative estimate of drug-likeness (QED) is 0.484. The second-order valence-corrected chi connectivity index (χ2v) is 11.3. The van der Waals surface area contributed by atoms with Gasteiger partial charge in [0, 0.05) is 56.6 Å². The van der Waals surface area contributed by atoms with Gasteiger partial charge in [0.05, 0.1) is 4.90 Å². The normalized spacial score (nSPS) is 16.9. The van der Waals surface area contributed by atoms with E-state index in [0.29, 0.717) is 4.90 Å². The van der Waals surface area contributed by atoms with Crippen LogP contribution in [-0.2, 0) is 10.0 Å². The molecule has 34 heavy (non-hydrogen) atoms. The number of benzene rings is 2. The van der Waals surface area contributed by atoms with Crippen molar-refractivity contribution < 1.29 is 19.4 Å². The molecule has 7 nitrogen and oxygen atoms in total. The second kappa shape index (κ2) is 13.8. The molecule has 0 saturated carbocycles. The lowest BCUT2D eigenvalue weighted by Gasteiger charge is -2.32. The van der Waals surface area contributed by atoms with Crippen LogP contribution in [0, 0.1) is 0 Å². The average Bonchev–Trinajstić information content (AvgIpc) is 2.74. The maximum absolute atomic E-state index is 12.7. The zero-order valence-electron chi connectivity index (χ0n) is 19.7. The van der Waals surface area contributed by atoms with Crippen molar-refractivity contribution in [1.29, 1.82) is 0 Å². The van der Waals surface area contributed by atoms with Crippen molar-refractivity contribution in [2.45, 2.75) is 21.1 Å². The number of fused-ring (bicyclic) bond motifs is 2. The van der Waals surface area contributed by atoms with E-state index in [1.165, 1.54) is 14.8 Å². The maximum Gasteiger partial charge on any atom is 0.242 e. The Morgan fingerprint density at radius 3 is 2.21 bits per heavy atom. The lowest BCUT2D eigenvalue weighted by atomic mass is 9.96. The molecule has 0 aliphatic carbocycles. The first-order chi connectivity index (χ1) is 14.4. The van der Waals surface area contributed by atoms with Crippen LogP contribution in [0.3, 0.4) is 0 Å². The smallest absolute Gasteiger partial charge is 0.242 e. The molecule has 2 heterocycles. The van der Waals surface area contributed by atoms with Crippen molar-refractivity contribution >= 4 is 52.2 Å². The highest BCUT2D eigenvalue weighted by molar-refractivity contribution is 7.99. The third kappa shape index (κ3) is 6.96. The number of likely N-dealkylation sites (N-methyl/N-ethyl adjacent to an activating group) is 1. The van der Waals surface area contributed by atoms with Crippen LogP contribution in [0.1, 0.15) is 17.5 Å². The van der Waals surface area contributed by atoms with E-state index in [2.05, 4.69) is 47.2 Å². The lowest BCUT2D eigenvalue weighted by molar-refractivity contribution is 0.156. The molecule has 4 rings (SSSR count). The summed E-state index contributed by atoms with van der Waals surface area (Å²) in [5.41, 5.74) is 3.34. The molecule has 2 aromatic carbocycles. The summed E-state index contributed by atoms with van der Waals surface area (Å²) in [6.07, 6.45) is 3.24. The van der Waals surface area contributed by atoms with E-state index in [0.717, 1.165) is 55.2 Å². The summed E-state index contributed by atoms with van der Waals surface area (Å²) in [6, 6.07) is 13.9. The van der Waals surface area contributed by atoms with Crippen molar-refractivity contribution in [3.05, 3.63) is 59.7 Å². The number of piperazine rings is 1. The lowest BCUT2D eigenvalue weighted by Crippen LogP contribution is -2.44. The summed E-state index contributed by atoms with van der Waals surface area (Å²) >= 11 is 1.71. The molecule has 0 bridgehead atoms. The standard InChI is InChI=1S/C23H29N3O2S2.2ClH.2H2O/c1-24(2)30(27,28)18-10-11-23-21(17-18)19(20-7-4-5-9-22(20)29-23)8-6-12-26-15-13-25(3)14-16-26;;;;/h4-5,7-11,17H,6,12-16H2,1-3H3;2*1H;2*1H2/b19-8+;;;;. The largest absolute Gasteiger partial charge is 0.412 e. The molecule has 0 amide bonds. The minimum atomic E-state index is -3.47. The summed E-state index contributed by atoms with van der Waals surface area (Å²) in [4.78, 5) is 7.55. The third-order valence-corrected chi connectivity index (χ3v) is 8.77. The SMILES string of the molecule is CN1CCN(CC/C=C2\c3ccccc3Sc3ccc(S(=O)(=O)N(C)C)cc32)CC1.Cl.Cl.O.O. The van der Waals surface area contributed by atoms with Crippen LogP contribution in [0.5, 0.6) is 0 Å². The third-order valence-electron chi connectivity index (χ3n) is 5.81. The molecular weight excluding hydrogens is 517 g/mol. The molecule has 2 aromatic rings. The van der Waals surface area contributed by atoms with Crippen LogP contribution < -0.4 is 0 Å². The molecule has 11 heteroatoms. The first-order valence-electron chi connectivity index (χ1n) is 10.3. The van der Waals surface area contributed by atoms with Crippen LogP contribution in [0.2, 0.25) is 0 Å². The molecule has 0 aromatic heterocycles. The van der Waals surface area contributed by atoms with E-state index >= 15 is 0 Å². The average molecular weight is 553 g/mol. The number of sulfonamides is 1. The first kappa shape index (κ1) is 32.9. The summed E-state index contributed by atoms with van der Waals surface area (Å²) in [7, 11) is 1.85. The predicted molar refractivity (Wildman–Crippen MR) is 145 cm³/mol. The predicted octanol–water partition coefficient (Wildman–Crippen LogP) is 2.66. The Hall–Kier alpha value is -1.14. The highest BCUT2D eigenvalue weighted by atomic mass is 35.5. The summed E-state index contributed by atoms with van der Waals surface area (Å²) in [5, 5.41) is 0. The Balaban J connectivity index is 0.00000272. The zero-order chi connectivity index (χ0) is 21.3. The fourth-order valence-electron chi connectivity index (χ4n) is 3.90. The number of rotatable bonds is 5. The zero-order valence-corrected chi connectivity index (χ0v) is 22.9. The Morgan fingerprint density at radius 2 is 1.56 bits per heavy atom. The van der Waals surface area contributed by atoms with Gasteiger partial charge in [0.1, 0.15) is 0 Å². The van der Waals surface area contributed by atoms with Gasteiger partial charge >= 0.3 is 0 Å². The summed E-state index contributed by atoms with van der Waals surface area (Å²) in [5.74, 6) is 0. The molecule has 0 unspecified atom stereocenters. The summed E-state index contributed by atoms with van der Waals surface area (Å²) in [6.45, 7) is 5.47. The highest BCUT2D eigenvalue weighted by Gasteiger charge is 2.25. The highest BCUT2D eigenvalue weighted by Crippen LogP contribution is 2.46. The van der Waals surface area contributed by atoms with Gasteiger partial charge in [-0.3, -0.25) is 0 Å². The van der Waals surface area contributed by atoms with Crippen molar-refractivity contribution in [3.63, 3.8) is 0 Å². The van der Waals surface area contributed by atoms with Gasteiger partial charge in [-0.25, -0.2) is 12.7 Å². The molecule has 2 aliphatic rings. The van der Waals surface area contributed by atoms with Gasteiger partial charge in [-0.05, 0) is 54.4 Å². The van der Waals surface area contributed by atoms with Gasteiger partial charge in [-0.1, -0.05) is 36.0 Å². The fraction of sp³-hybridized carbons (Fsp3) is 0.391. The van der Waals surface area contributed by atoms with Gasteiger partial charge in [-0.2, -0.15) is 0 Å². The van der Waals surface area contributed by atoms with Crippen molar-refractivity contribution in [3.8, 4) is 0 Å². The van der Waals surface area contributed by atoms with Crippen LogP contribution in [0.4, 0.5) is 0 Å². The molecule has 1 saturated heterocycles. The Bertz CT molecular complexity index is 1070. The van der Waals surface area contributed by atoms with E-state index in [4.69, 9.17) is 0 Å². The van der Waals surface area contributed by atoms with Crippen LogP contribution in [0.25, 0.3) is 5.57 Å². The van der Waals surface area contributed by atoms with E-state index in [9.17, 15) is 8.42 Å². The molecule has 0 atom stereocenters. The van der Waals surface area contributed by atoms with Crippen molar-refractivity contribution in [2.24, 2.45) is 0 Å². The van der Waals surface area contributed by atoms with Crippen LogP contribution >= 0.6 is 36.6 Å². The van der Waals surface area contributed by atoms with Gasteiger partial charge in [-0.15, -0.1) is 24.8 Å². The number of hydrogen-bond donors (Lipinski definition) is 0. The first-order valence-corrected chi connectivity index (χ1v) is 12.6. The monoisotopic (exact) mass is 551 g/mol. The van der Waals surface area contributed by atoms with Gasteiger partial charge in [0.2, 0.25) is 10.0 Å². The minimum absolute atomic E-state index is 0. The molecule has 0 radical (unpaired) electrons. The Morgan fingerprint density at radius 1 is 0.941 bits per heavy atom.